The molecule has 0 aliphatic heterocycles. The van der Waals surface area contributed by atoms with Crippen molar-refractivity contribution in [1.82, 2.24) is 5.32 Å². The van der Waals surface area contributed by atoms with E-state index in [1.54, 1.807) is 6.92 Å². The summed E-state index contributed by atoms with van der Waals surface area (Å²) in [6.45, 7) is 5.45. The van der Waals surface area contributed by atoms with E-state index in [-0.39, 0.29) is 11.9 Å². The molecule has 54 valence electrons. The monoisotopic (exact) mass is 149 g/mol. The third-order valence-electron chi connectivity index (χ3n) is 0.792. The number of amides is 1. The molecule has 1 N–H and O–H groups in total. The predicted octanol–water partition coefficient (Wildman–Crippen LogP) is 1.14. The fourth-order valence-electron chi connectivity index (χ4n) is 0.399. The van der Waals surface area contributed by atoms with Gasteiger partial charge in [0.05, 0.1) is 0 Å². The summed E-state index contributed by atoms with van der Waals surface area (Å²) >= 11 is 5.46. The van der Waals surface area contributed by atoms with Gasteiger partial charge < -0.3 is 5.32 Å². The molecule has 0 heterocycles. The van der Waals surface area contributed by atoms with E-state index in [4.69, 9.17) is 11.6 Å². The molecule has 0 rings (SSSR count). The van der Waals surface area contributed by atoms with Crippen LogP contribution in [-0.4, -0.2) is 17.3 Å². The van der Waals surface area contributed by atoms with Crippen molar-refractivity contribution in [2.45, 2.75) is 32.2 Å². The molecule has 9 heavy (non-hydrogen) atoms. The van der Waals surface area contributed by atoms with Crippen molar-refractivity contribution in [2.75, 3.05) is 0 Å². The maximum Gasteiger partial charge on any atom is 0.237 e. The standard InChI is InChI=1S/C6H12ClNO/c1-4(2)8-6(9)5(3)7/h4-5H,1-3H3,(H,8,9)/t5-/m1/s1. The zero-order valence-electron chi connectivity index (χ0n) is 5.94. The number of carbonyl (C=O) groups excluding carboxylic acids is 1. The van der Waals surface area contributed by atoms with E-state index in [0.717, 1.165) is 0 Å². The van der Waals surface area contributed by atoms with E-state index in [1.807, 2.05) is 13.8 Å². The molecule has 0 saturated carbocycles. The zero-order chi connectivity index (χ0) is 7.44. The van der Waals surface area contributed by atoms with Crippen LogP contribution in [0.5, 0.6) is 0 Å². The van der Waals surface area contributed by atoms with Crippen LogP contribution in [0.3, 0.4) is 0 Å². The van der Waals surface area contributed by atoms with Gasteiger partial charge in [0.25, 0.3) is 0 Å². The highest BCUT2D eigenvalue weighted by Crippen LogP contribution is 1.92. The topological polar surface area (TPSA) is 29.1 Å². The Morgan fingerprint density at radius 3 is 2.00 bits per heavy atom. The van der Waals surface area contributed by atoms with Gasteiger partial charge in [0.2, 0.25) is 5.91 Å². The van der Waals surface area contributed by atoms with E-state index < -0.39 is 5.38 Å². The largest absolute Gasteiger partial charge is 0.353 e. The predicted molar refractivity (Wildman–Crippen MR) is 38.6 cm³/mol. The van der Waals surface area contributed by atoms with E-state index in [0.29, 0.717) is 0 Å². The highest BCUT2D eigenvalue weighted by atomic mass is 35.5. The second kappa shape index (κ2) is 3.72. The normalized spacial score (nSPS) is 13.4. The molecule has 0 aliphatic rings. The summed E-state index contributed by atoms with van der Waals surface area (Å²) in [5, 5.41) is 2.25. The summed E-state index contributed by atoms with van der Waals surface area (Å²) in [5.41, 5.74) is 0. The van der Waals surface area contributed by atoms with Gasteiger partial charge in [0.1, 0.15) is 5.38 Å². The van der Waals surface area contributed by atoms with Gasteiger partial charge in [-0.15, -0.1) is 11.6 Å². The Morgan fingerprint density at radius 1 is 1.44 bits per heavy atom. The number of hydrogen-bond donors (Lipinski definition) is 1. The number of carbonyl (C=O) groups is 1. The summed E-state index contributed by atoms with van der Waals surface area (Å²) in [5.74, 6) is -0.105. The molecule has 3 heteroatoms. The highest BCUT2D eigenvalue weighted by Gasteiger charge is 2.08. The van der Waals surface area contributed by atoms with E-state index in [2.05, 4.69) is 5.32 Å². The lowest BCUT2D eigenvalue weighted by Crippen LogP contribution is -2.34. The van der Waals surface area contributed by atoms with Gasteiger partial charge in [-0.2, -0.15) is 0 Å². The highest BCUT2D eigenvalue weighted by molar-refractivity contribution is 6.30. The van der Waals surface area contributed by atoms with Crippen molar-refractivity contribution >= 4 is 17.5 Å². The van der Waals surface area contributed by atoms with Gasteiger partial charge in [-0.3, -0.25) is 4.79 Å². The van der Waals surface area contributed by atoms with Gasteiger partial charge in [0, 0.05) is 6.04 Å². The van der Waals surface area contributed by atoms with Gasteiger partial charge in [-0.1, -0.05) is 0 Å². The molecule has 0 bridgehead atoms. The first-order valence-corrected chi connectivity index (χ1v) is 3.42. The lowest BCUT2D eigenvalue weighted by atomic mass is 10.3. The van der Waals surface area contributed by atoms with Crippen LogP contribution in [0.2, 0.25) is 0 Å². The molecule has 2 nitrogen and oxygen atoms in total. The second-order valence-electron chi connectivity index (χ2n) is 2.28. The van der Waals surface area contributed by atoms with Crippen molar-refractivity contribution in [3.8, 4) is 0 Å². The minimum atomic E-state index is -0.424. The lowest BCUT2D eigenvalue weighted by molar-refractivity contribution is -0.120. The van der Waals surface area contributed by atoms with Crippen LogP contribution in [0.4, 0.5) is 0 Å². The van der Waals surface area contributed by atoms with E-state index in [9.17, 15) is 4.79 Å². The van der Waals surface area contributed by atoms with E-state index in [1.165, 1.54) is 0 Å². The van der Waals surface area contributed by atoms with Crippen LogP contribution in [0, 0.1) is 0 Å². The Balaban J connectivity index is 3.51. The Morgan fingerprint density at radius 2 is 1.89 bits per heavy atom. The minimum absolute atomic E-state index is 0.105. The third kappa shape index (κ3) is 4.28. The molecule has 0 fully saturated rings. The number of alkyl halides is 1. The molecule has 0 saturated heterocycles. The zero-order valence-corrected chi connectivity index (χ0v) is 6.70. The average molecular weight is 150 g/mol. The SMILES string of the molecule is CC(C)NC(=O)[C@@H](C)Cl. The van der Waals surface area contributed by atoms with Crippen molar-refractivity contribution in [1.29, 1.82) is 0 Å². The Labute approximate surface area is 60.6 Å². The number of hydrogen-bond acceptors (Lipinski definition) is 1. The molecule has 0 aromatic carbocycles. The second-order valence-corrected chi connectivity index (χ2v) is 2.93. The molecule has 0 unspecified atom stereocenters. The molecular weight excluding hydrogens is 138 g/mol. The summed E-state index contributed by atoms with van der Waals surface area (Å²) in [6, 6.07) is 0.179. The van der Waals surface area contributed by atoms with Crippen LogP contribution in [-0.2, 0) is 4.79 Å². The van der Waals surface area contributed by atoms with Crippen molar-refractivity contribution in [3.05, 3.63) is 0 Å². The van der Waals surface area contributed by atoms with Crippen molar-refractivity contribution in [2.24, 2.45) is 0 Å². The van der Waals surface area contributed by atoms with Gasteiger partial charge in [-0.25, -0.2) is 0 Å². The molecule has 0 radical (unpaired) electrons. The lowest BCUT2D eigenvalue weighted by Gasteiger charge is -2.08. The van der Waals surface area contributed by atoms with Crippen LogP contribution >= 0.6 is 11.6 Å². The fourth-order valence-corrected chi connectivity index (χ4v) is 0.462. The van der Waals surface area contributed by atoms with Gasteiger partial charge >= 0.3 is 0 Å². The van der Waals surface area contributed by atoms with Crippen LogP contribution in [0.1, 0.15) is 20.8 Å². The first-order valence-electron chi connectivity index (χ1n) is 2.98. The first kappa shape index (κ1) is 8.76. The summed E-state index contributed by atoms with van der Waals surface area (Å²) < 4.78 is 0. The Hall–Kier alpha value is -0.240. The van der Waals surface area contributed by atoms with Gasteiger partial charge in [-0.05, 0) is 20.8 Å². The van der Waals surface area contributed by atoms with Crippen LogP contribution < -0.4 is 5.32 Å². The van der Waals surface area contributed by atoms with Crippen LogP contribution in [0.15, 0.2) is 0 Å². The Kier molecular flexibility index (Phi) is 3.62. The number of nitrogens with one attached hydrogen (secondary N) is 1. The first-order chi connectivity index (χ1) is 4.04. The average Bonchev–Trinajstić information content (AvgIpc) is 1.63. The van der Waals surface area contributed by atoms with Gasteiger partial charge in [0.15, 0.2) is 0 Å². The quantitative estimate of drug-likeness (QED) is 0.587. The minimum Gasteiger partial charge on any atom is -0.353 e. The molecule has 0 spiro atoms. The molecule has 0 aromatic heterocycles. The maximum atomic E-state index is 10.7. The Bertz CT molecular complexity index is 101. The molecule has 1 atom stereocenters. The molecule has 0 aliphatic carbocycles. The summed E-state index contributed by atoms with van der Waals surface area (Å²) in [6.07, 6.45) is 0. The number of halogens is 1. The third-order valence-corrected chi connectivity index (χ3v) is 0.990. The maximum absolute atomic E-state index is 10.7. The van der Waals surface area contributed by atoms with Crippen molar-refractivity contribution in [3.63, 3.8) is 0 Å². The van der Waals surface area contributed by atoms with Crippen molar-refractivity contribution < 1.29 is 4.79 Å². The summed E-state index contributed by atoms with van der Waals surface area (Å²) in [4.78, 5) is 10.7. The summed E-state index contributed by atoms with van der Waals surface area (Å²) in [7, 11) is 0. The van der Waals surface area contributed by atoms with E-state index >= 15 is 0 Å². The molecular formula is C6H12ClNO. The smallest absolute Gasteiger partial charge is 0.237 e. The fraction of sp³-hybridized carbons (Fsp3) is 0.833. The van der Waals surface area contributed by atoms with Crippen LogP contribution in [0.25, 0.3) is 0 Å². The molecule has 1 amide bonds. The molecule has 0 aromatic rings. The number of rotatable bonds is 2.